The topological polar surface area (TPSA) is 13.1 Å². The third-order valence-electron chi connectivity index (χ3n) is 8.34. The second-order valence-electron chi connectivity index (χ2n) is 10.7. The van der Waals surface area contributed by atoms with E-state index in [2.05, 4.69) is 72.8 Å². The van der Waals surface area contributed by atoms with Gasteiger partial charge in [0, 0.05) is 10.8 Å². The van der Waals surface area contributed by atoms with Crippen molar-refractivity contribution < 1.29 is 14.0 Å². The fourth-order valence-corrected chi connectivity index (χ4v) is 6.50. The van der Waals surface area contributed by atoms with Crippen molar-refractivity contribution >= 4 is 54.3 Å². The third-order valence-corrected chi connectivity index (χ3v) is 8.34. The molecule has 0 saturated heterocycles. The largest absolute Gasteiger partial charge is 0.456 e. The predicted molar refractivity (Wildman–Crippen MR) is 183 cm³/mol. The standard InChI is InChI=1S/C42H26O/c1-2-12-27(13-3-1)41-34-17-6-8-19-36(34)42(37-20-9-7-18-35(37)41)38-25-24-29(30-14-4-5-15-31(30)38)28-22-23-33-32-16-10-11-21-39(32)43-40(33)26-28/h1-26H/i10D,11D,16D,21D,22D,23D,26D. The molecule has 0 radical (unpaired) electrons. The quantitative estimate of drug-likeness (QED) is 0.198. The van der Waals surface area contributed by atoms with Gasteiger partial charge in [-0.25, -0.2) is 0 Å². The highest BCUT2D eigenvalue weighted by molar-refractivity contribution is 6.24. The first-order valence-electron chi connectivity index (χ1n) is 17.7. The Hall–Kier alpha value is -5.66. The van der Waals surface area contributed by atoms with E-state index in [4.69, 9.17) is 12.6 Å². The third kappa shape index (κ3) is 3.65. The number of hydrogen-bond acceptors (Lipinski definition) is 1. The smallest absolute Gasteiger partial charge is 0.136 e. The molecule has 0 fully saturated rings. The van der Waals surface area contributed by atoms with Crippen molar-refractivity contribution in [2.24, 2.45) is 0 Å². The van der Waals surface area contributed by atoms with Crippen LogP contribution in [0.1, 0.15) is 9.60 Å². The Morgan fingerprint density at radius 2 is 0.907 bits per heavy atom. The van der Waals surface area contributed by atoms with Crippen LogP contribution in [-0.4, -0.2) is 0 Å². The number of hydrogen-bond donors (Lipinski definition) is 0. The number of fused-ring (bicyclic) bond motifs is 6. The van der Waals surface area contributed by atoms with Crippen LogP contribution >= 0.6 is 0 Å². The van der Waals surface area contributed by atoms with Crippen molar-refractivity contribution in [1.82, 2.24) is 0 Å². The average molecular weight is 554 g/mol. The van der Waals surface area contributed by atoms with Crippen LogP contribution in [0.3, 0.4) is 0 Å². The van der Waals surface area contributed by atoms with E-state index in [1.165, 1.54) is 5.56 Å². The summed E-state index contributed by atoms with van der Waals surface area (Å²) in [5, 5.41) is 6.24. The summed E-state index contributed by atoms with van der Waals surface area (Å²) in [5.41, 5.74) is 5.01. The first kappa shape index (κ1) is 18.0. The first-order chi connectivity index (χ1) is 24.3. The van der Waals surface area contributed by atoms with E-state index in [1.54, 1.807) is 0 Å². The zero-order chi connectivity index (χ0) is 34.4. The molecule has 0 aliphatic heterocycles. The molecular formula is C42H26O. The molecule has 9 rings (SSSR count). The Morgan fingerprint density at radius 1 is 0.372 bits per heavy atom. The van der Waals surface area contributed by atoms with E-state index in [0.717, 1.165) is 49.0 Å². The van der Waals surface area contributed by atoms with Crippen molar-refractivity contribution in [2.45, 2.75) is 0 Å². The maximum Gasteiger partial charge on any atom is 0.136 e. The molecule has 0 atom stereocenters. The zero-order valence-electron chi connectivity index (χ0n) is 29.9. The lowest BCUT2D eigenvalue weighted by atomic mass is 9.84. The molecule has 0 unspecified atom stereocenters. The highest BCUT2D eigenvalue weighted by Gasteiger charge is 2.19. The highest BCUT2D eigenvalue weighted by atomic mass is 16.3. The number of rotatable bonds is 3. The van der Waals surface area contributed by atoms with Crippen LogP contribution in [0, 0.1) is 0 Å². The van der Waals surface area contributed by atoms with Crippen molar-refractivity contribution in [3.05, 3.63) is 158 Å². The Balaban J connectivity index is 1.36. The minimum atomic E-state index is -0.454. The summed E-state index contributed by atoms with van der Waals surface area (Å²) in [6.45, 7) is 0. The van der Waals surface area contributed by atoms with E-state index in [9.17, 15) is 1.37 Å². The van der Waals surface area contributed by atoms with Gasteiger partial charge in [0.05, 0.1) is 9.60 Å². The predicted octanol–water partition coefficient (Wildman–Crippen LogP) is 12.0. The fourth-order valence-electron chi connectivity index (χ4n) is 6.50. The molecule has 1 heteroatoms. The van der Waals surface area contributed by atoms with E-state index in [0.29, 0.717) is 5.56 Å². The van der Waals surface area contributed by atoms with Crippen molar-refractivity contribution in [3.63, 3.8) is 0 Å². The van der Waals surface area contributed by atoms with Gasteiger partial charge in [0.15, 0.2) is 0 Å². The van der Waals surface area contributed by atoms with Crippen LogP contribution in [0.4, 0.5) is 0 Å². The number of benzene rings is 8. The lowest BCUT2D eigenvalue weighted by molar-refractivity contribution is 0.669. The Bertz CT molecular complexity index is 2840. The normalized spacial score (nSPS) is 14.0. The molecule has 1 nitrogen and oxygen atoms in total. The van der Waals surface area contributed by atoms with Gasteiger partial charge in [-0.2, -0.15) is 0 Å². The molecule has 0 N–H and O–H groups in total. The molecule has 0 bridgehead atoms. The molecule has 200 valence electrons. The molecule has 1 heterocycles. The molecular weight excluding hydrogens is 520 g/mol. The molecule has 0 spiro atoms. The van der Waals surface area contributed by atoms with Gasteiger partial charge in [0.2, 0.25) is 0 Å². The van der Waals surface area contributed by atoms with E-state index < -0.39 is 12.1 Å². The van der Waals surface area contributed by atoms with Crippen LogP contribution in [0.25, 0.3) is 87.6 Å². The summed E-state index contributed by atoms with van der Waals surface area (Å²) < 4.78 is 66.7. The molecule has 8 aromatic carbocycles. The minimum Gasteiger partial charge on any atom is -0.456 e. The lowest BCUT2D eigenvalue weighted by Crippen LogP contribution is -1.92. The summed E-state index contributed by atoms with van der Waals surface area (Å²) >= 11 is 0. The van der Waals surface area contributed by atoms with Gasteiger partial charge >= 0.3 is 0 Å². The van der Waals surface area contributed by atoms with E-state index >= 15 is 0 Å². The Kier molecular flexibility index (Phi) is 3.95. The summed E-state index contributed by atoms with van der Waals surface area (Å²) in [5.74, 6) is 0. The van der Waals surface area contributed by atoms with E-state index in [1.807, 2.05) is 42.5 Å². The molecule has 0 aliphatic carbocycles. The van der Waals surface area contributed by atoms with Crippen molar-refractivity contribution in [3.8, 4) is 33.4 Å². The molecule has 9 aromatic rings. The van der Waals surface area contributed by atoms with Gasteiger partial charge in [-0.05, 0) is 83.8 Å². The van der Waals surface area contributed by atoms with Crippen molar-refractivity contribution in [2.75, 3.05) is 0 Å². The second-order valence-corrected chi connectivity index (χ2v) is 10.7. The molecule has 1 aromatic heterocycles. The van der Waals surface area contributed by atoms with Gasteiger partial charge in [-0.15, -0.1) is 0 Å². The monoisotopic (exact) mass is 553 g/mol. The maximum absolute atomic E-state index is 9.30. The number of para-hydroxylation sites is 1. The van der Waals surface area contributed by atoms with Gasteiger partial charge < -0.3 is 4.42 Å². The summed E-state index contributed by atoms with van der Waals surface area (Å²) in [7, 11) is 0. The molecule has 0 saturated carbocycles. The second kappa shape index (κ2) is 9.44. The van der Waals surface area contributed by atoms with Crippen LogP contribution in [0.2, 0.25) is 0 Å². The van der Waals surface area contributed by atoms with Crippen molar-refractivity contribution in [1.29, 1.82) is 0 Å². The lowest BCUT2D eigenvalue weighted by Gasteiger charge is -2.19. The Morgan fingerprint density at radius 3 is 1.60 bits per heavy atom. The van der Waals surface area contributed by atoms with Gasteiger partial charge in [-0.1, -0.05) is 139 Å². The van der Waals surface area contributed by atoms with Crippen LogP contribution < -0.4 is 0 Å². The molecule has 0 amide bonds. The van der Waals surface area contributed by atoms with Crippen LogP contribution in [0.5, 0.6) is 0 Å². The maximum atomic E-state index is 9.30. The fraction of sp³-hybridized carbons (Fsp3) is 0. The highest BCUT2D eigenvalue weighted by Crippen LogP contribution is 2.46. The average Bonchev–Trinajstić information content (AvgIpc) is 3.56. The van der Waals surface area contributed by atoms with Crippen LogP contribution in [0.15, 0.2) is 162 Å². The summed E-state index contributed by atoms with van der Waals surface area (Å²) in [6, 6.07) is 36.9. The Labute approximate surface area is 259 Å². The van der Waals surface area contributed by atoms with Crippen LogP contribution in [-0.2, 0) is 0 Å². The zero-order valence-corrected chi connectivity index (χ0v) is 22.9. The van der Waals surface area contributed by atoms with Gasteiger partial charge in [-0.3, -0.25) is 0 Å². The first-order valence-corrected chi connectivity index (χ1v) is 14.2. The summed E-state index contributed by atoms with van der Waals surface area (Å²) in [6.07, 6.45) is 0. The SMILES string of the molecule is [2H]c1c([2H])c([2H])c2c(oc3c([2H])c(-c4ccc(-c5c6ccccc6c(-c6ccccc6)c6ccccc56)c5ccccc45)c([2H])c([2H])c32)c1[2H]. The minimum absolute atomic E-state index is 0.0162. The van der Waals surface area contributed by atoms with Gasteiger partial charge in [0.1, 0.15) is 11.2 Å². The molecule has 43 heavy (non-hydrogen) atoms. The number of furan rings is 1. The summed E-state index contributed by atoms with van der Waals surface area (Å²) in [4.78, 5) is 0. The van der Waals surface area contributed by atoms with E-state index in [-0.39, 0.29) is 57.7 Å². The van der Waals surface area contributed by atoms with Gasteiger partial charge in [0.25, 0.3) is 0 Å². The molecule has 0 aliphatic rings.